The van der Waals surface area contributed by atoms with Crippen molar-refractivity contribution in [2.75, 3.05) is 43.0 Å². The zero-order chi connectivity index (χ0) is 30.7. The summed E-state index contributed by atoms with van der Waals surface area (Å²) in [5.41, 5.74) is 3.84. The largest absolute Gasteiger partial charge is 0.471 e. The summed E-state index contributed by atoms with van der Waals surface area (Å²) in [4.78, 5) is 27.2. The summed E-state index contributed by atoms with van der Waals surface area (Å²) in [5.74, 6) is -2.00. The highest BCUT2D eigenvalue weighted by Gasteiger charge is 2.43. The summed E-state index contributed by atoms with van der Waals surface area (Å²) in [6, 6.07) is 26.3. The van der Waals surface area contributed by atoms with Crippen LogP contribution in [0.1, 0.15) is 35.4 Å². The fraction of sp³-hybridized carbons (Fsp3) is 0.303. The lowest BCUT2D eigenvalue weighted by atomic mass is 9.89. The molecule has 4 rings (SSSR count). The van der Waals surface area contributed by atoms with E-state index in [0.717, 1.165) is 21.7 Å². The van der Waals surface area contributed by atoms with E-state index in [9.17, 15) is 28.0 Å². The second-order valence-corrected chi connectivity index (χ2v) is 10.2. The molecule has 0 bridgehead atoms. The van der Waals surface area contributed by atoms with E-state index >= 15 is 0 Å². The van der Waals surface area contributed by atoms with E-state index in [1.807, 2.05) is 65.6 Å². The van der Waals surface area contributed by atoms with Crippen LogP contribution in [0.3, 0.4) is 0 Å². The molecule has 1 fully saturated rings. The van der Waals surface area contributed by atoms with Crippen molar-refractivity contribution in [1.29, 1.82) is 5.26 Å². The number of amides is 2. The number of anilines is 2. The molecule has 0 saturated carbocycles. The molecule has 3 aromatic rings. The fourth-order valence-electron chi connectivity index (χ4n) is 4.93. The van der Waals surface area contributed by atoms with E-state index in [1.165, 1.54) is 0 Å². The minimum absolute atomic E-state index is 0.0356. The molecule has 0 aromatic heterocycles. The molecule has 0 radical (unpaired) electrons. The molecule has 1 aliphatic heterocycles. The Morgan fingerprint density at radius 2 is 1.72 bits per heavy atom. The van der Waals surface area contributed by atoms with Crippen molar-refractivity contribution >= 4 is 23.2 Å². The van der Waals surface area contributed by atoms with Gasteiger partial charge in [-0.1, -0.05) is 60.7 Å². The zero-order valence-corrected chi connectivity index (χ0v) is 23.6. The number of rotatable bonds is 11. The first-order chi connectivity index (χ1) is 20.7. The average molecular weight is 591 g/mol. The lowest BCUT2D eigenvalue weighted by Crippen LogP contribution is -2.45. The number of hydrogen-bond acceptors (Lipinski definition) is 5. The summed E-state index contributed by atoms with van der Waals surface area (Å²) < 4.78 is 43.9. The molecular formula is C33H33F3N4O3. The molecule has 224 valence electrons. The van der Waals surface area contributed by atoms with Crippen molar-refractivity contribution in [3.8, 4) is 6.07 Å². The van der Waals surface area contributed by atoms with Crippen LogP contribution in [-0.4, -0.2) is 55.7 Å². The molecular weight excluding hydrogens is 557 g/mol. The highest BCUT2D eigenvalue weighted by Crippen LogP contribution is 2.31. The maximum absolute atomic E-state index is 13.0. The number of nitriles is 1. The van der Waals surface area contributed by atoms with Gasteiger partial charge >= 0.3 is 12.1 Å². The lowest BCUT2D eigenvalue weighted by Gasteiger charge is -2.32. The van der Waals surface area contributed by atoms with Gasteiger partial charge in [0.15, 0.2) is 0 Å². The number of nitrogens with one attached hydrogen (secondary N) is 1. The van der Waals surface area contributed by atoms with Crippen molar-refractivity contribution in [2.45, 2.75) is 31.5 Å². The molecule has 0 unspecified atom stereocenters. The molecule has 1 saturated heterocycles. The number of carbonyl (C=O) groups is 2. The van der Waals surface area contributed by atoms with Gasteiger partial charge in [-0.2, -0.15) is 18.4 Å². The molecule has 1 N–H and O–H groups in total. The number of benzene rings is 3. The summed E-state index contributed by atoms with van der Waals surface area (Å²) >= 11 is 0. The number of likely N-dealkylation sites (tertiary alicyclic amines) is 1. The van der Waals surface area contributed by atoms with Gasteiger partial charge in [0.2, 0.25) is 5.91 Å². The number of hydrogen-bond donors (Lipinski definition) is 1. The van der Waals surface area contributed by atoms with Gasteiger partial charge in [0, 0.05) is 31.0 Å². The van der Waals surface area contributed by atoms with Gasteiger partial charge < -0.3 is 19.9 Å². The van der Waals surface area contributed by atoms with Crippen LogP contribution in [0.15, 0.2) is 91.0 Å². The number of ether oxygens (including phenoxy) is 1. The zero-order valence-electron chi connectivity index (χ0n) is 23.6. The quantitative estimate of drug-likeness (QED) is 0.217. The minimum Gasteiger partial charge on any atom is -0.373 e. The second-order valence-electron chi connectivity index (χ2n) is 10.2. The summed E-state index contributed by atoms with van der Waals surface area (Å²) in [6.07, 6.45) is -0.165. The SMILES string of the molecule is N#Cc1cccc(N(CC=CCOCc2ccccc2)CC(=O)Nc2ccc(C3CCN(C(=O)C(F)(F)F)CC3)cc2)c1. The van der Waals surface area contributed by atoms with Crippen molar-refractivity contribution in [1.82, 2.24) is 4.90 Å². The molecule has 0 atom stereocenters. The first kappa shape index (κ1) is 31.3. The van der Waals surface area contributed by atoms with Gasteiger partial charge in [0.05, 0.1) is 31.4 Å². The highest BCUT2D eigenvalue weighted by atomic mass is 19.4. The lowest BCUT2D eigenvalue weighted by molar-refractivity contribution is -0.186. The first-order valence-electron chi connectivity index (χ1n) is 14.0. The molecule has 1 heterocycles. The number of piperidine rings is 1. The Morgan fingerprint density at radius 3 is 2.40 bits per heavy atom. The summed E-state index contributed by atoms with van der Waals surface area (Å²) in [6.45, 7) is 1.48. The predicted molar refractivity (Wildman–Crippen MR) is 158 cm³/mol. The van der Waals surface area contributed by atoms with Gasteiger partial charge in [0.1, 0.15) is 0 Å². The Balaban J connectivity index is 1.31. The molecule has 7 nitrogen and oxygen atoms in total. The van der Waals surface area contributed by atoms with E-state index in [2.05, 4.69) is 11.4 Å². The maximum atomic E-state index is 13.0. The van der Waals surface area contributed by atoms with Gasteiger partial charge in [-0.15, -0.1) is 0 Å². The second kappa shape index (κ2) is 15.0. The molecule has 10 heteroatoms. The number of carbonyl (C=O) groups excluding carboxylic acids is 2. The predicted octanol–water partition coefficient (Wildman–Crippen LogP) is 6.04. The van der Waals surface area contributed by atoms with E-state index in [4.69, 9.17) is 4.74 Å². The van der Waals surface area contributed by atoms with Crippen LogP contribution in [0, 0.1) is 11.3 Å². The molecule has 2 amide bonds. The van der Waals surface area contributed by atoms with Crippen LogP contribution in [0.4, 0.5) is 24.5 Å². The summed E-state index contributed by atoms with van der Waals surface area (Å²) in [5, 5.41) is 12.2. The minimum atomic E-state index is -4.85. The monoisotopic (exact) mass is 590 g/mol. The van der Waals surface area contributed by atoms with Crippen LogP contribution in [-0.2, 0) is 20.9 Å². The van der Waals surface area contributed by atoms with Gasteiger partial charge in [-0.3, -0.25) is 9.59 Å². The van der Waals surface area contributed by atoms with Crippen molar-refractivity contribution in [2.24, 2.45) is 0 Å². The van der Waals surface area contributed by atoms with Crippen molar-refractivity contribution in [3.05, 3.63) is 108 Å². The topological polar surface area (TPSA) is 85.7 Å². The van der Waals surface area contributed by atoms with Crippen LogP contribution in [0.25, 0.3) is 0 Å². The molecule has 3 aromatic carbocycles. The average Bonchev–Trinajstić information content (AvgIpc) is 3.02. The highest BCUT2D eigenvalue weighted by molar-refractivity contribution is 5.94. The molecule has 0 aliphatic carbocycles. The third kappa shape index (κ3) is 9.45. The van der Waals surface area contributed by atoms with E-state index < -0.39 is 12.1 Å². The normalized spacial score (nSPS) is 14.0. The third-order valence-electron chi connectivity index (χ3n) is 7.18. The van der Waals surface area contributed by atoms with Crippen LogP contribution in [0.5, 0.6) is 0 Å². The fourth-order valence-corrected chi connectivity index (χ4v) is 4.93. The van der Waals surface area contributed by atoms with E-state index in [-0.39, 0.29) is 31.5 Å². The summed E-state index contributed by atoms with van der Waals surface area (Å²) in [7, 11) is 0. The molecule has 43 heavy (non-hydrogen) atoms. The van der Waals surface area contributed by atoms with Crippen molar-refractivity contribution < 1.29 is 27.5 Å². The smallest absolute Gasteiger partial charge is 0.373 e. The van der Waals surface area contributed by atoms with Crippen molar-refractivity contribution in [3.63, 3.8) is 0 Å². The van der Waals surface area contributed by atoms with E-state index in [1.54, 1.807) is 30.3 Å². The molecule has 1 aliphatic rings. The third-order valence-corrected chi connectivity index (χ3v) is 7.18. The standard InChI is InChI=1S/C33H33F3N4O3/c34-33(35,36)32(42)39-18-15-28(16-19-39)27-11-13-29(14-12-27)38-31(41)23-40(30-10-6-9-26(21-30)22-37)17-4-5-20-43-24-25-7-2-1-3-8-25/h1-14,21,28H,15-20,23-24H2,(H,38,41). The van der Waals surface area contributed by atoms with Gasteiger partial charge in [0.25, 0.3) is 0 Å². The number of halogens is 3. The Hall–Kier alpha value is -4.62. The Bertz CT molecular complexity index is 1430. The van der Waals surface area contributed by atoms with Crippen LogP contribution in [0.2, 0.25) is 0 Å². The van der Waals surface area contributed by atoms with Crippen LogP contribution >= 0.6 is 0 Å². The van der Waals surface area contributed by atoms with E-state index in [0.29, 0.717) is 43.9 Å². The van der Waals surface area contributed by atoms with Gasteiger partial charge in [-0.25, -0.2) is 0 Å². The van der Waals surface area contributed by atoms with Gasteiger partial charge in [-0.05, 0) is 60.2 Å². The Morgan fingerprint density at radius 1 is 1.00 bits per heavy atom. The first-order valence-corrected chi connectivity index (χ1v) is 14.0. The van der Waals surface area contributed by atoms with Crippen LogP contribution < -0.4 is 10.2 Å². The maximum Gasteiger partial charge on any atom is 0.471 e. The number of nitrogens with zero attached hydrogens (tertiary/aromatic N) is 3. The Kier molecular flexibility index (Phi) is 10.9. The Labute approximate surface area is 249 Å². The number of alkyl halides is 3. The molecule has 0 spiro atoms.